The molecule has 49 heavy (non-hydrogen) atoms. The maximum atomic E-state index is 13.4. The molecule has 0 aromatic heterocycles. The normalized spacial score (nSPS) is 11.9. The van der Waals surface area contributed by atoms with Gasteiger partial charge in [0.2, 0.25) is 0 Å². The van der Waals surface area contributed by atoms with Crippen LogP contribution >= 0.6 is 0 Å². The minimum absolute atomic E-state index is 0.186. The molecular weight excluding hydrogens is 634 g/mol. The number of anilines is 1. The number of unbranched alkanes of at least 4 members (excludes halogenated alkanes) is 2. The topological polar surface area (TPSA) is 184 Å². The first-order valence-corrected chi connectivity index (χ1v) is 15.8. The summed E-state index contributed by atoms with van der Waals surface area (Å²) < 4.78 is 34.1. The van der Waals surface area contributed by atoms with Gasteiger partial charge in [-0.1, -0.05) is 32.9 Å². The number of carbonyl (C=O) groups excluding carboxylic acids is 3. The number of ether oxygens (including phenoxy) is 3. The summed E-state index contributed by atoms with van der Waals surface area (Å²) in [7, 11) is 2.32. The van der Waals surface area contributed by atoms with E-state index >= 15 is 0 Å². The van der Waals surface area contributed by atoms with Gasteiger partial charge in [0.25, 0.3) is 5.91 Å². The predicted molar refractivity (Wildman–Crippen MR) is 185 cm³/mol. The molecule has 0 radical (unpaired) electrons. The fourth-order valence-corrected chi connectivity index (χ4v) is 4.28. The van der Waals surface area contributed by atoms with E-state index in [4.69, 9.17) is 24.9 Å². The molecule has 2 amide bonds. The molecule has 0 saturated heterocycles. The van der Waals surface area contributed by atoms with Crippen LogP contribution < -0.4 is 26.0 Å². The molecule has 1 atom stereocenters. The number of nitrogens with one attached hydrogen (secondary N) is 5. The van der Waals surface area contributed by atoms with Gasteiger partial charge in [-0.15, -0.1) is 0 Å². The Hall–Kier alpha value is -5.13. The van der Waals surface area contributed by atoms with Crippen molar-refractivity contribution in [3.63, 3.8) is 0 Å². The van der Waals surface area contributed by atoms with Crippen LogP contribution in [-0.2, 0) is 30.3 Å². The third kappa shape index (κ3) is 14.7. The van der Waals surface area contributed by atoms with Crippen LogP contribution in [0.5, 0.6) is 5.75 Å². The Balaban J connectivity index is 2.04. The van der Waals surface area contributed by atoms with Crippen molar-refractivity contribution < 1.29 is 37.6 Å². The van der Waals surface area contributed by atoms with Crippen molar-refractivity contribution in [2.24, 2.45) is 5.41 Å². The van der Waals surface area contributed by atoms with Gasteiger partial charge in [0.1, 0.15) is 17.6 Å². The van der Waals surface area contributed by atoms with E-state index < -0.39 is 35.0 Å². The molecule has 0 spiro atoms. The van der Waals surface area contributed by atoms with E-state index in [-0.39, 0.29) is 29.3 Å². The number of benzene rings is 2. The second-order valence-corrected chi connectivity index (χ2v) is 13.1. The Morgan fingerprint density at radius 1 is 1.02 bits per heavy atom. The Kier molecular flexibility index (Phi) is 15.5. The van der Waals surface area contributed by atoms with Crippen molar-refractivity contribution in [3.05, 3.63) is 59.4 Å². The van der Waals surface area contributed by atoms with E-state index in [0.29, 0.717) is 37.4 Å². The number of carbonyl (C=O) groups is 3. The molecule has 2 aromatic carbocycles. The molecule has 0 bridgehead atoms. The van der Waals surface area contributed by atoms with Crippen LogP contribution in [0.1, 0.15) is 71.9 Å². The smallest absolute Gasteiger partial charge is 0.207 e. The van der Waals surface area contributed by atoms with Crippen LogP contribution in [0.2, 0.25) is 0 Å². The number of halogens is 1. The molecule has 0 aliphatic carbocycles. The summed E-state index contributed by atoms with van der Waals surface area (Å²) in [5.74, 6) is -1.24. The average Bonchev–Trinajstić information content (AvgIpc) is 3.03. The molecule has 2 rings (SSSR count). The summed E-state index contributed by atoms with van der Waals surface area (Å²) in [4.78, 5) is 37.6. The minimum atomic E-state index is -0.978. The summed E-state index contributed by atoms with van der Waals surface area (Å²) in [6, 6.07) is 9.88. The third-order valence-corrected chi connectivity index (χ3v) is 6.73. The Bertz CT molecular complexity index is 1510. The van der Waals surface area contributed by atoms with Crippen molar-refractivity contribution in [1.82, 2.24) is 16.0 Å². The Morgan fingerprint density at radius 2 is 1.71 bits per heavy atom. The molecular formula is C34H46BFN6O7. The number of nitriles is 1. The van der Waals surface area contributed by atoms with E-state index in [1.807, 2.05) is 0 Å². The number of alkyl carbamates (subject to hydrolysis) is 1. The molecule has 5 N–H and O–H groups in total. The molecule has 0 fully saturated rings. The van der Waals surface area contributed by atoms with Crippen LogP contribution in [0.4, 0.5) is 14.9 Å². The van der Waals surface area contributed by atoms with Gasteiger partial charge in [-0.25, -0.2) is 9.18 Å². The van der Waals surface area contributed by atoms with Gasteiger partial charge >= 0.3 is 165 Å². The van der Waals surface area contributed by atoms with Gasteiger partial charge in [0.05, 0.1) is 7.11 Å². The van der Waals surface area contributed by atoms with Gasteiger partial charge in [0, 0.05) is 6.54 Å². The molecule has 264 valence electrons. The average molecular weight is 681 g/mol. The van der Waals surface area contributed by atoms with Crippen LogP contribution in [0.3, 0.4) is 0 Å². The van der Waals surface area contributed by atoms with Crippen LogP contribution in [0, 0.1) is 28.2 Å². The second kappa shape index (κ2) is 19.0. The second-order valence-electron chi connectivity index (χ2n) is 13.1. The number of rotatable bonds is 17. The number of hydrogen-bond donors (Lipinski definition) is 5. The fraction of sp³-hybridized carbons (Fsp3) is 0.471. The van der Waals surface area contributed by atoms with Gasteiger partial charge < -0.3 is 10.1 Å². The van der Waals surface area contributed by atoms with Gasteiger partial charge in [0.15, 0.2) is 0 Å². The molecule has 1 unspecified atom stereocenters. The standard InChI is InChI=1S/C34H46BFN6O7/c1-33(2,3)28(30(44)46-7)41-29(43)27(38)25-16-15-24(19-26(25)40-20-22-11-13-23(36)14-12-22)47-18-10-8-9-17-39-31(35-48-21-37)42-32(45)49-34(4,5)6/h11-16,19,28,38-40H,8-10,17-18,20H2,1-7H3,(H,41,43)(H,42,45). The van der Waals surface area contributed by atoms with E-state index in [0.717, 1.165) is 19.1 Å². The molecule has 0 aliphatic heterocycles. The van der Waals surface area contributed by atoms with Crippen molar-refractivity contribution in [3.8, 4) is 12.0 Å². The molecule has 13 nitrogen and oxygen atoms in total. The van der Waals surface area contributed by atoms with E-state index in [1.54, 1.807) is 71.9 Å². The first kappa shape index (κ1) is 40.1. The number of nitrogens with zero attached hydrogens (tertiary/aromatic N) is 1. The summed E-state index contributed by atoms with van der Waals surface area (Å²) in [5, 5.41) is 28.7. The van der Waals surface area contributed by atoms with E-state index in [1.165, 1.54) is 25.5 Å². The minimum Gasteiger partial charge on any atom is -0.207 e. The van der Waals surface area contributed by atoms with Gasteiger partial charge in [-0.3, -0.25) is 10.2 Å². The van der Waals surface area contributed by atoms with Crippen molar-refractivity contribution >= 4 is 42.2 Å². The first-order valence-electron chi connectivity index (χ1n) is 15.8. The van der Waals surface area contributed by atoms with Crippen LogP contribution in [-0.4, -0.2) is 68.4 Å². The quantitative estimate of drug-likeness (QED) is 0.0529. The summed E-state index contributed by atoms with van der Waals surface area (Å²) in [5.41, 5.74) is -0.0433. The van der Waals surface area contributed by atoms with E-state index in [2.05, 4.69) is 25.9 Å². The monoisotopic (exact) mass is 680 g/mol. The van der Waals surface area contributed by atoms with Gasteiger partial charge in [-0.2, -0.15) is 0 Å². The Morgan fingerprint density at radius 3 is 2.33 bits per heavy atom. The number of methoxy groups -OCH3 is 1. The zero-order valence-corrected chi connectivity index (χ0v) is 29.1. The predicted octanol–water partition coefficient (Wildman–Crippen LogP) is 4.38. The van der Waals surface area contributed by atoms with Gasteiger partial charge in [-0.05, 0) is 23.1 Å². The Labute approximate surface area is 287 Å². The van der Waals surface area contributed by atoms with Crippen LogP contribution in [0.25, 0.3) is 0 Å². The van der Waals surface area contributed by atoms with Crippen molar-refractivity contribution in [1.29, 1.82) is 10.7 Å². The third-order valence-electron chi connectivity index (χ3n) is 6.73. The van der Waals surface area contributed by atoms with Crippen LogP contribution in [0.15, 0.2) is 42.5 Å². The van der Waals surface area contributed by atoms with E-state index in [9.17, 15) is 18.8 Å². The molecule has 0 saturated carbocycles. The number of amides is 2. The first-order chi connectivity index (χ1) is 23.0. The molecule has 0 aliphatic rings. The summed E-state index contributed by atoms with van der Waals surface area (Å²) in [6.45, 7) is 11.7. The van der Waals surface area contributed by atoms with Crippen molar-refractivity contribution in [2.75, 3.05) is 25.6 Å². The molecule has 0 heterocycles. The number of esters is 1. The SMILES string of the molecule is COC(=O)C(NC(=O)C(=N)c1ccc(OCCCCCNC(=BOC#N)NC(=O)OC(C)(C)C)cc1NCc1ccc(F)cc1)C(C)(C)C. The number of hydrogen-bond acceptors (Lipinski definition) is 11. The summed E-state index contributed by atoms with van der Waals surface area (Å²) in [6.07, 6.45) is 2.99. The zero-order valence-electron chi connectivity index (χ0n) is 29.1. The zero-order chi connectivity index (χ0) is 36.6. The van der Waals surface area contributed by atoms with Crippen molar-refractivity contribution in [2.45, 2.75) is 79.0 Å². The summed E-state index contributed by atoms with van der Waals surface area (Å²) >= 11 is 0. The maximum absolute atomic E-state index is 13.4. The molecule has 15 heteroatoms. The molecule has 2 aromatic rings. The fourth-order valence-electron chi connectivity index (χ4n) is 4.28.